The Bertz CT molecular complexity index is 639. The Balaban J connectivity index is 2.99. The van der Waals surface area contributed by atoms with Crippen molar-refractivity contribution in [2.75, 3.05) is 7.11 Å². The van der Waals surface area contributed by atoms with Gasteiger partial charge in [-0.2, -0.15) is 0 Å². The van der Waals surface area contributed by atoms with Crippen molar-refractivity contribution in [3.63, 3.8) is 0 Å². The van der Waals surface area contributed by atoms with Crippen molar-refractivity contribution in [2.45, 2.75) is 52.2 Å². The van der Waals surface area contributed by atoms with Crippen LogP contribution >= 0.6 is 0 Å². The lowest BCUT2D eigenvalue weighted by Crippen LogP contribution is -2.43. The van der Waals surface area contributed by atoms with Crippen molar-refractivity contribution in [2.24, 2.45) is 0 Å². The summed E-state index contributed by atoms with van der Waals surface area (Å²) in [5, 5.41) is 0.0930. The highest BCUT2D eigenvalue weighted by atomic mass is 28.4. The second-order valence-corrected chi connectivity index (χ2v) is 12.2. The fourth-order valence-corrected chi connectivity index (χ4v) is 2.82. The Morgan fingerprint density at radius 2 is 1.79 bits per heavy atom. The number of methoxy groups -OCH3 is 1. The van der Waals surface area contributed by atoms with E-state index in [2.05, 4.69) is 33.9 Å². The molecule has 0 saturated carbocycles. The Labute approximate surface area is 146 Å². The number of Topliss-reactive ketones (excluding diaryl/α,β-unsaturated/α-hetero) is 1. The number of ether oxygens (including phenoxy) is 1. The summed E-state index contributed by atoms with van der Waals surface area (Å²) in [4.78, 5) is 22.5. The van der Waals surface area contributed by atoms with Crippen LogP contribution in [0.2, 0.25) is 18.1 Å². The van der Waals surface area contributed by atoms with Gasteiger partial charge in [-0.25, -0.2) is 0 Å². The summed E-state index contributed by atoms with van der Waals surface area (Å²) in [5.41, 5.74) is 0.825. The van der Waals surface area contributed by atoms with Crippen LogP contribution < -0.4 is 9.16 Å². The van der Waals surface area contributed by atoms with Crippen LogP contribution in [0.15, 0.2) is 24.3 Å². The highest BCUT2D eigenvalue weighted by molar-refractivity contribution is 6.74. The van der Waals surface area contributed by atoms with E-state index in [1.165, 1.54) is 13.0 Å². The number of ketones is 2. The quantitative estimate of drug-likeness (QED) is 0.409. The first-order valence-corrected chi connectivity index (χ1v) is 10.9. The Hall–Kier alpha value is -1.88. The SMILES string of the molecule is COc1cc(C=CC(=O)CC(C)=O)ccc1O[Si](C)(C)C(C)(C)C. The van der Waals surface area contributed by atoms with Gasteiger partial charge in [0.25, 0.3) is 8.32 Å². The topological polar surface area (TPSA) is 52.6 Å². The zero-order chi connectivity index (χ0) is 18.5. The van der Waals surface area contributed by atoms with E-state index in [0.717, 1.165) is 11.3 Å². The van der Waals surface area contributed by atoms with Crippen LogP contribution in [-0.2, 0) is 9.59 Å². The third-order valence-electron chi connectivity index (χ3n) is 4.24. The third-order valence-corrected chi connectivity index (χ3v) is 8.59. The lowest BCUT2D eigenvalue weighted by molar-refractivity contribution is -0.123. The van der Waals surface area contributed by atoms with Gasteiger partial charge in [0, 0.05) is 0 Å². The number of carbonyl (C=O) groups excluding carboxylic acids is 2. The van der Waals surface area contributed by atoms with Gasteiger partial charge in [0.05, 0.1) is 13.5 Å². The van der Waals surface area contributed by atoms with E-state index in [0.29, 0.717) is 5.75 Å². The Morgan fingerprint density at radius 3 is 2.29 bits per heavy atom. The molecule has 1 aromatic carbocycles. The van der Waals surface area contributed by atoms with Crippen molar-refractivity contribution in [3.05, 3.63) is 29.8 Å². The van der Waals surface area contributed by atoms with Crippen molar-refractivity contribution < 1.29 is 18.8 Å². The number of hydrogen-bond acceptors (Lipinski definition) is 4. The average molecular weight is 349 g/mol. The van der Waals surface area contributed by atoms with E-state index in [1.807, 2.05) is 18.2 Å². The maximum Gasteiger partial charge on any atom is 0.250 e. The first-order chi connectivity index (χ1) is 11.0. The molecule has 0 bridgehead atoms. The molecule has 1 rings (SSSR count). The van der Waals surface area contributed by atoms with Gasteiger partial charge in [0.2, 0.25) is 0 Å². The van der Waals surface area contributed by atoms with Gasteiger partial charge in [-0.05, 0) is 48.8 Å². The molecule has 0 atom stereocenters. The summed E-state index contributed by atoms with van der Waals surface area (Å²) in [7, 11) is -0.356. The lowest BCUT2D eigenvalue weighted by atomic mass is 10.1. The highest BCUT2D eigenvalue weighted by Gasteiger charge is 2.39. The Morgan fingerprint density at radius 1 is 1.17 bits per heavy atom. The van der Waals surface area contributed by atoms with Crippen LogP contribution in [0.3, 0.4) is 0 Å². The molecule has 0 spiro atoms. The van der Waals surface area contributed by atoms with Gasteiger partial charge in [-0.3, -0.25) is 9.59 Å². The second-order valence-electron chi connectivity index (χ2n) is 7.45. The van der Waals surface area contributed by atoms with Crippen LogP contribution in [0, 0.1) is 0 Å². The number of allylic oxidation sites excluding steroid dienone is 1. The monoisotopic (exact) mass is 348 g/mol. The van der Waals surface area contributed by atoms with Gasteiger partial charge in [-0.15, -0.1) is 0 Å². The van der Waals surface area contributed by atoms with Crippen LogP contribution in [0.25, 0.3) is 6.08 Å². The molecular weight excluding hydrogens is 320 g/mol. The summed E-state index contributed by atoms with van der Waals surface area (Å²) in [5.74, 6) is 1.01. The number of carbonyl (C=O) groups is 2. The van der Waals surface area contributed by atoms with E-state index in [-0.39, 0.29) is 23.0 Å². The van der Waals surface area contributed by atoms with Gasteiger partial charge in [0.1, 0.15) is 11.5 Å². The van der Waals surface area contributed by atoms with Crippen LogP contribution in [-0.4, -0.2) is 27.0 Å². The summed E-state index contributed by atoms with van der Waals surface area (Å²) < 4.78 is 11.7. The van der Waals surface area contributed by atoms with Gasteiger partial charge in [-0.1, -0.05) is 32.9 Å². The van der Waals surface area contributed by atoms with Crippen molar-refractivity contribution in [1.29, 1.82) is 0 Å². The first kappa shape index (κ1) is 20.2. The molecular formula is C19H28O4Si. The molecule has 0 aliphatic rings. The molecule has 0 radical (unpaired) electrons. The standard InChI is InChI=1S/C19H28O4Si/c1-14(20)12-16(21)10-8-15-9-11-17(18(13-15)22-5)23-24(6,7)19(2,3)4/h8-11,13H,12H2,1-7H3. The molecule has 0 aliphatic heterocycles. The van der Waals surface area contributed by atoms with Gasteiger partial charge in [0.15, 0.2) is 11.5 Å². The molecule has 1 aromatic rings. The lowest BCUT2D eigenvalue weighted by Gasteiger charge is -2.36. The third kappa shape index (κ3) is 5.64. The maximum absolute atomic E-state index is 11.6. The zero-order valence-corrected chi connectivity index (χ0v) is 16.7. The van der Waals surface area contributed by atoms with Gasteiger partial charge >= 0.3 is 0 Å². The summed E-state index contributed by atoms with van der Waals surface area (Å²) in [6.07, 6.45) is 3.04. The fraction of sp³-hybridized carbons (Fsp3) is 0.474. The number of benzene rings is 1. The van der Waals surface area contributed by atoms with Crippen LogP contribution in [0.5, 0.6) is 11.5 Å². The molecule has 0 unspecified atom stereocenters. The predicted octanol–water partition coefficient (Wildman–Crippen LogP) is 4.64. The molecule has 0 amide bonds. The minimum absolute atomic E-state index is 0.0692. The predicted molar refractivity (Wildman–Crippen MR) is 100 cm³/mol. The van der Waals surface area contributed by atoms with E-state index in [1.54, 1.807) is 13.2 Å². The molecule has 0 aromatic heterocycles. The minimum atomic E-state index is -1.96. The maximum atomic E-state index is 11.6. The van der Waals surface area contributed by atoms with Crippen molar-refractivity contribution in [3.8, 4) is 11.5 Å². The minimum Gasteiger partial charge on any atom is -0.541 e. The molecule has 0 N–H and O–H groups in total. The van der Waals surface area contributed by atoms with Crippen molar-refractivity contribution >= 4 is 26.0 Å². The molecule has 0 aliphatic carbocycles. The normalized spacial score (nSPS) is 12.3. The zero-order valence-electron chi connectivity index (χ0n) is 15.7. The number of hydrogen-bond donors (Lipinski definition) is 0. The summed E-state index contributed by atoms with van der Waals surface area (Å²) in [6.45, 7) is 12.3. The van der Waals surface area contributed by atoms with E-state index in [9.17, 15) is 9.59 Å². The van der Waals surface area contributed by atoms with E-state index >= 15 is 0 Å². The molecule has 0 saturated heterocycles. The molecule has 0 heterocycles. The molecule has 132 valence electrons. The smallest absolute Gasteiger partial charge is 0.250 e. The summed E-state index contributed by atoms with van der Waals surface area (Å²) in [6, 6.07) is 5.58. The molecule has 24 heavy (non-hydrogen) atoms. The van der Waals surface area contributed by atoms with Crippen molar-refractivity contribution in [1.82, 2.24) is 0 Å². The second kappa shape index (κ2) is 7.79. The highest BCUT2D eigenvalue weighted by Crippen LogP contribution is 2.40. The van der Waals surface area contributed by atoms with E-state index in [4.69, 9.17) is 9.16 Å². The largest absolute Gasteiger partial charge is 0.541 e. The van der Waals surface area contributed by atoms with Gasteiger partial charge < -0.3 is 9.16 Å². The molecule has 5 heteroatoms. The van der Waals surface area contributed by atoms with Crippen LogP contribution in [0.1, 0.15) is 39.7 Å². The average Bonchev–Trinajstić information content (AvgIpc) is 2.43. The fourth-order valence-electron chi connectivity index (χ4n) is 1.79. The molecule has 0 fully saturated rings. The first-order valence-electron chi connectivity index (χ1n) is 8.03. The summed E-state index contributed by atoms with van der Waals surface area (Å²) >= 11 is 0. The number of rotatable bonds is 7. The Kier molecular flexibility index (Phi) is 6.55. The molecule has 4 nitrogen and oxygen atoms in total. The van der Waals surface area contributed by atoms with E-state index < -0.39 is 8.32 Å². The van der Waals surface area contributed by atoms with Crippen LogP contribution in [0.4, 0.5) is 0 Å².